The van der Waals surface area contributed by atoms with Crippen molar-refractivity contribution in [1.29, 1.82) is 0 Å². The van der Waals surface area contributed by atoms with Gasteiger partial charge in [0.15, 0.2) is 0 Å². The van der Waals surface area contributed by atoms with E-state index < -0.39 is 8.32 Å². The Labute approximate surface area is 109 Å². The Balaban J connectivity index is 5.20. The summed E-state index contributed by atoms with van der Waals surface area (Å²) in [5, 5.41) is 0. The fourth-order valence-electron chi connectivity index (χ4n) is 2.93. The molecule has 0 rings (SSSR count). The zero-order valence-corrected chi connectivity index (χ0v) is 13.9. The van der Waals surface area contributed by atoms with Crippen molar-refractivity contribution in [3.8, 4) is 0 Å². The van der Waals surface area contributed by atoms with Crippen molar-refractivity contribution >= 4 is 8.32 Å². The van der Waals surface area contributed by atoms with Gasteiger partial charge < -0.3 is 4.43 Å². The predicted octanol–water partition coefficient (Wildman–Crippen LogP) is 5.66. The minimum absolute atomic E-state index is 0.602. The van der Waals surface area contributed by atoms with E-state index >= 15 is 0 Å². The summed E-state index contributed by atoms with van der Waals surface area (Å²) in [5.41, 5.74) is 3.05. The third kappa shape index (κ3) is 4.02. The number of allylic oxidation sites excluding steroid dienone is 2. The first-order valence-electron chi connectivity index (χ1n) is 6.67. The van der Waals surface area contributed by atoms with Gasteiger partial charge in [0.2, 0.25) is 0 Å². The molecule has 0 saturated heterocycles. The van der Waals surface area contributed by atoms with Crippen LogP contribution in [0.25, 0.3) is 0 Å². The molecule has 2 heteroatoms. The van der Waals surface area contributed by atoms with Crippen LogP contribution >= 0.6 is 0 Å². The second-order valence-corrected chi connectivity index (χ2v) is 11.5. The summed E-state index contributed by atoms with van der Waals surface area (Å²) >= 11 is 0. The molecule has 0 aromatic carbocycles. The molecule has 0 aliphatic heterocycles. The smallest absolute Gasteiger partial charge is 0.258 e. The van der Waals surface area contributed by atoms with Gasteiger partial charge in [-0.05, 0) is 36.5 Å². The maximum atomic E-state index is 6.40. The molecule has 0 aliphatic carbocycles. The maximum absolute atomic E-state index is 6.40. The van der Waals surface area contributed by atoms with Crippen LogP contribution in [0.5, 0.6) is 0 Å². The van der Waals surface area contributed by atoms with Crippen LogP contribution in [-0.4, -0.2) is 8.32 Å². The van der Waals surface area contributed by atoms with Gasteiger partial charge in [0, 0.05) is 0 Å². The van der Waals surface area contributed by atoms with Crippen molar-refractivity contribution in [1.82, 2.24) is 0 Å². The maximum Gasteiger partial charge on any atom is 0.258 e. The number of hydrogen-bond donors (Lipinski definition) is 0. The Morgan fingerprint density at radius 3 is 1.53 bits per heavy atom. The Bertz CT molecular complexity index is 262. The summed E-state index contributed by atoms with van der Waals surface area (Å²) in [7, 11) is -1.80. The quantitative estimate of drug-likeness (QED) is 0.338. The van der Waals surface area contributed by atoms with Gasteiger partial charge >= 0.3 is 0 Å². The van der Waals surface area contributed by atoms with Crippen molar-refractivity contribution in [2.45, 2.75) is 72.0 Å². The van der Waals surface area contributed by atoms with Crippen molar-refractivity contribution in [2.75, 3.05) is 0 Å². The summed E-state index contributed by atoms with van der Waals surface area (Å²) in [4.78, 5) is 0. The fourth-order valence-corrected chi connectivity index (χ4v) is 8.15. The van der Waals surface area contributed by atoms with Crippen LogP contribution in [0.4, 0.5) is 0 Å². The van der Waals surface area contributed by atoms with Gasteiger partial charge in [-0.15, -0.1) is 0 Å². The van der Waals surface area contributed by atoms with Crippen molar-refractivity contribution in [3.05, 3.63) is 24.0 Å². The van der Waals surface area contributed by atoms with Crippen LogP contribution in [0.3, 0.4) is 0 Å². The molecule has 0 heterocycles. The Kier molecular flexibility index (Phi) is 6.24. The molecule has 0 aromatic rings. The van der Waals surface area contributed by atoms with E-state index in [1.807, 2.05) is 0 Å². The molecule has 0 saturated carbocycles. The first kappa shape index (κ1) is 16.5. The summed E-state index contributed by atoms with van der Waals surface area (Å²) in [6.07, 6.45) is 2.05. The molecule has 0 aromatic heterocycles. The summed E-state index contributed by atoms with van der Waals surface area (Å²) in [6.45, 7) is 22.0. The van der Waals surface area contributed by atoms with E-state index in [1.165, 1.54) is 5.57 Å². The zero-order chi connectivity index (χ0) is 13.8. The molecule has 0 aliphatic rings. The van der Waals surface area contributed by atoms with E-state index in [0.717, 1.165) is 5.76 Å². The predicted molar refractivity (Wildman–Crippen MR) is 80.7 cm³/mol. The van der Waals surface area contributed by atoms with Crippen LogP contribution in [0, 0.1) is 0 Å². The minimum atomic E-state index is -1.80. The highest BCUT2D eigenvalue weighted by molar-refractivity contribution is 6.77. The number of rotatable bonds is 6. The van der Waals surface area contributed by atoms with Crippen LogP contribution in [-0.2, 0) is 4.43 Å². The third-order valence-electron chi connectivity index (χ3n) is 3.46. The van der Waals surface area contributed by atoms with E-state index in [0.29, 0.717) is 16.6 Å². The lowest BCUT2D eigenvalue weighted by atomic mass is 10.3. The van der Waals surface area contributed by atoms with Gasteiger partial charge in [-0.1, -0.05) is 53.7 Å². The highest BCUT2D eigenvalue weighted by atomic mass is 28.4. The average molecular weight is 254 g/mol. The van der Waals surface area contributed by atoms with Gasteiger partial charge in [-0.3, -0.25) is 0 Å². The average Bonchev–Trinajstić information content (AvgIpc) is 2.10. The van der Waals surface area contributed by atoms with Crippen molar-refractivity contribution in [3.63, 3.8) is 0 Å². The molecule has 0 amide bonds. The van der Waals surface area contributed by atoms with Crippen LogP contribution < -0.4 is 0 Å². The fraction of sp³-hybridized carbons (Fsp3) is 0.733. The SMILES string of the molecule is C=C(C=C(C)C)O[Si](C(C)C)(C(C)C)C(C)C. The minimum Gasteiger partial charge on any atom is -0.543 e. The molecular weight excluding hydrogens is 224 g/mol. The first-order chi connectivity index (χ1) is 7.64. The lowest BCUT2D eigenvalue weighted by Crippen LogP contribution is -2.47. The van der Waals surface area contributed by atoms with E-state index in [4.69, 9.17) is 4.43 Å². The molecule has 0 spiro atoms. The summed E-state index contributed by atoms with van der Waals surface area (Å²) in [6, 6.07) is 0. The highest BCUT2D eigenvalue weighted by Gasteiger charge is 2.46. The standard InChI is InChI=1S/C15H30OSi/c1-11(2)10-15(9)16-17(12(3)4,13(5)6)14(7)8/h10,12-14H,9H2,1-8H3. The molecule has 0 bridgehead atoms. The molecule has 0 fully saturated rings. The van der Waals surface area contributed by atoms with Crippen molar-refractivity contribution in [2.24, 2.45) is 0 Å². The van der Waals surface area contributed by atoms with Crippen LogP contribution in [0.15, 0.2) is 24.0 Å². The second-order valence-electron chi connectivity index (χ2n) is 6.11. The monoisotopic (exact) mass is 254 g/mol. The molecule has 1 nitrogen and oxygen atoms in total. The van der Waals surface area contributed by atoms with Gasteiger partial charge in [-0.2, -0.15) is 0 Å². The lowest BCUT2D eigenvalue weighted by molar-refractivity contribution is 0.388. The van der Waals surface area contributed by atoms with Crippen LogP contribution in [0.2, 0.25) is 16.6 Å². The molecule has 100 valence electrons. The number of hydrogen-bond acceptors (Lipinski definition) is 1. The zero-order valence-electron chi connectivity index (χ0n) is 12.9. The molecule has 0 atom stereocenters. The van der Waals surface area contributed by atoms with Gasteiger partial charge in [0.25, 0.3) is 8.32 Å². The largest absolute Gasteiger partial charge is 0.543 e. The first-order valence-corrected chi connectivity index (χ1v) is 8.81. The van der Waals surface area contributed by atoms with E-state index in [2.05, 4.69) is 68.0 Å². The van der Waals surface area contributed by atoms with E-state index in [9.17, 15) is 0 Å². The van der Waals surface area contributed by atoms with Crippen molar-refractivity contribution < 1.29 is 4.43 Å². The molecular formula is C15H30OSi. The normalized spacial score (nSPS) is 12.2. The highest BCUT2D eigenvalue weighted by Crippen LogP contribution is 2.43. The van der Waals surface area contributed by atoms with Crippen LogP contribution in [0.1, 0.15) is 55.4 Å². The van der Waals surface area contributed by atoms with Gasteiger partial charge in [0.1, 0.15) is 0 Å². The summed E-state index contributed by atoms with van der Waals surface area (Å²) in [5.74, 6) is 0.841. The van der Waals surface area contributed by atoms with E-state index in [1.54, 1.807) is 0 Å². The Hall–Kier alpha value is -0.503. The molecule has 0 N–H and O–H groups in total. The second kappa shape index (κ2) is 6.44. The molecule has 0 radical (unpaired) electrons. The van der Waals surface area contributed by atoms with E-state index in [-0.39, 0.29) is 0 Å². The topological polar surface area (TPSA) is 9.23 Å². The molecule has 0 unspecified atom stereocenters. The van der Waals surface area contributed by atoms with Gasteiger partial charge in [0.05, 0.1) is 5.76 Å². The Morgan fingerprint density at radius 1 is 0.941 bits per heavy atom. The third-order valence-corrected chi connectivity index (χ3v) is 9.49. The summed E-state index contributed by atoms with van der Waals surface area (Å²) < 4.78 is 6.40. The molecule has 17 heavy (non-hydrogen) atoms. The van der Waals surface area contributed by atoms with Gasteiger partial charge in [-0.25, -0.2) is 0 Å². The Morgan fingerprint density at radius 2 is 1.29 bits per heavy atom. The lowest BCUT2D eigenvalue weighted by Gasteiger charge is -2.42.